The van der Waals surface area contributed by atoms with E-state index in [-0.39, 0.29) is 32.0 Å². The number of unbranched alkanes of at least 4 members (excludes halogenated alkanes) is 41. The van der Waals surface area contributed by atoms with Gasteiger partial charge in [-0.1, -0.05) is 263 Å². The van der Waals surface area contributed by atoms with Crippen LogP contribution in [0.4, 0.5) is 0 Å². The largest absolute Gasteiger partial charge is 0.472 e. The lowest BCUT2D eigenvalue weighted by Gasteiger charge is -2.24. The summed E-state index contributed by atoms with van der Waals surface area (Å²) in [4.78, 5) is 35.6. The average Bonchev–Trinajstić information content (AvgIpc) is 3.35. The van der Waals surface area contributed by atoms with Gasteiger partial charge in [-0.3, -0.25) is 18.6 Å². The Morgan fingerprint density at radius 1 is 0.411 bits per heavy atom. The van der Waals surface area contributed by atoms with Crippen molar-refractivity contribution in [1.29, 1.82) is 0 Å². The van der Waals surface area contributed by atoms with Crippen molar-refractivity contribution in [3.05, 3.63) is 24.3 Å². The van der Waals surface area contributed by atoms with Crippen molar-refractivity contribution in [3.8, 4) is 0 Å². The maximum Gasteiger partial charge on any atom is 0.472 e. The molecule has 0 bridgehead atoms. The Labute approximate surface area is 453 Å². The van der Waals surface area contributed by atoms with Crippen molar-refractivity contribution in [2.24, 2.45) is 0 Å². The highest BCUT2D eigenvalue weighted by atomic mass is 31.2. The zero-order valence-corrected chi connectivity index (χ0v) is 50.0. The fourth-order valence-corrected chi connectivity index (χ4v) is 10.0. The van der Waals surface area contributed by atoms with Gasteiger partial charge in [0.15, 0.2) is 6.10 Å². The number of ether oxygens (including phenoxy) is 2. The SMILES string of the molecule is CCCCCCC/C=C\CCCCCCCC(=O)OCC(COP(=O)(O)OCC[N+](C)(C)C)OC(=O)CCCCCCCCCCCCCCCCCCCCCCCCC/C=C\CCCCCCCCCC. The minimum Gasteiger partial charge on any atom is -0.462 e. The highest BCUT2D eigenvalue weighted by Gasteiger charge is 2.27. The van der Waals surface area contributed by atoms with E-state index in [2.05, 4.69) is 38.2 Å². The third-order valence-electron chi connectivity index (χ3n) is 14.2. The number of rotatable bonds is 59. The summed E-state index contributed by atoms with van der Waals surface area (Å²) in [6, 6.07) is 0. The quantitative estimate of drug-likeness (QED) is 0.0211. The first-order valence-corrected chi connectivity index (χ1v) is 33.1. The summed E-state index contributed by atoms with van der Waals surface area (Å²) in [5, 5.41) is 0. The monoisotopic (exact) mass is 1050 g/mol. The minimum atomic E-state index is -4.38. The van der Waals surface area contributed by atoms with Gasteiger partial charge >= 0.3 is 19.8 Å². The van der Waals surface area contributed by atoms with Crippen molar-refractivity contribution in [1.82, 2.24) is 0 Å². The van der Waals surface area contributed by atoms with Gasteiger partial charge in [0.2, 0.25) is 0 Å². The molecule has 0 aromatic carbocycles. The van der Waals surface area contributed by atoms with Gasteiger partial charge in [0.1, 0.15) is 19.8 Å². The van der Waals surface area contributed by atoms with Crippen molar-refractivity contribution in [2.75, 3.05) is 47.5 Å². The van der Waals surface area contributed by atoms with Crippen molar-refractivity contribution >= 4 is 19.8 Å². The molecular weight excluding hydrogens is 930 g/mol. The minimum absolute atomic E-state index is 0.0332. The van der Waals surface area contributed by atoms with Gasteiger partial charge < -0.3 is 18.9 Å². The number of phosphoric ester groups is 1. The maximum atomic E-state index is 12.8. The molecule has 0 rings (SSSR count). The molecule has 0 heterocycles. The van der Waals surface area contributed by atoms with Crippen LogP contribution in [0.15, 0.2) is 24.3 Å². The number of phosphoric acid groups is 1. The number of carbonyl (C=O) groups excluding carboxylic acids is 2. The van der Waals surface area contributed by atoms with Gasteiger partial charge in [0, 0.05) is 12.8 Å². The predicted molar refractivity (Wildman–Crippen MR) is 312 cm³/mol. The second kappa shape index (κ2) is 55.3. The zero-order chi connectivity index (χ0) is 53.5. The van der Waals surface area contributed by atoms with E-state index in [9.17, 15) is 19.0 Å². The molecule has 0 aromatic heterocycles. The van der Waals surface area contributed by atoms with E-state index in [1.165, 1.54) is 231 Å². The number of quaternary nitrogens is 1. The van der Waals surface area contributed by atoms with Gasteiger partial charge in [-0.05, 0) is 64.2 Å². The van der Waals surface area contributed by atoms with Gasteiger partial charge in [0.05, 0.1) is 27.7 Å². The molecule has 0 amide bonds. The molecule has 73 heavy (non-hydrogen) atoms. The number of hydrogen-bond acceptors (Lipinski definition) is 7. The summed E-state index contributed by atoms with van der Waals surface area (Å²) >= 11 is 0. The fourth-order valence-electron chi connectivity index (χ4n) is 9.30. The number of carbonyl (C=O) groups is 2. The number of allylic oxidation sites excluding steroid dienone is 4. The van der Waals surface area contributed by atoms with Crippen LogP contribution < -0.4 is 0 Å². The molecule has 0 radical (unpaired) electrons. The summed E-state index contributed by atoms with van der Waals surface area (Å²) < 4.78 is 34.6. The third-order valence-corrected chi connectivity index (χ3v) is 15.2. The summed E-state index contributed by atoms with van der Waals surface area (Å²) in [5.74, 6) is -0.792. The van der Waals surface area contributed by atoms with Gasteiger partial charge in [-0.25, -0.2) is 4.57 Å². The van der Waals surface area contributed by atoms with Crippen LogP contribution in [0.1, 0.15) is 316 Å². The molecule has 9 nitrogen and oxygen atoms in total. The van der Waals surface area contributed by atoms with Crippen LogP contribution in [0.2, 0.25) is 0 Å². The Hall–Kier alpha value is -1.51. The van der Waals surface area contributed by atoms with Crippen LogP contribution in [-0.4, -0.2) is 74.9 Å². The molecule has 1 N–H and O–H groups in total. The summed E-state index contributed by atoms with van der Waals surface area (Å²) in [5.41, 5.74) is 0. The highest BCUT2D eigenvalue weighted by molar-refractivity contribution is 7.47. The molecule has 2 unspecified atom stereocenters. The highest BCUT2D eigenvalue weighted by Crippen LogP contribution is 2.43. The Morgan fingerprint density at radius 3 is 1.01 bits per heavy atom. The van der Waals surface area contributed by atoms with Crippen molar-refractivity contribution < 1.29 is 42.1 Å². The Morgan fingerprint density at radius 2 is 0.699 bits per heavy atom. The van der Waals surface area contributed by atoms with Crippen molar-refractivity contribution in [3.63, 3.8) is 0 Å². The molecule has 0 aliphatic rings. The zero-order valence-electron chi connectivity index (χ0n) is 49.1. The van der Waals surface area contributed by atoms with Gasteiger partial charge in [-0.15, -0.1) is 0 Å². The van der Waals surface area contributed by atoms with E-state index >= 15 is 0 Å². The van der Waals surface area contributed by atoms with E-state index in [1.54, 1.807) is 0 Å². The molecule has 0 spiro atoms. The van der Waals surface area contributed by atoms with Crippen LogP contribution in [0, 0.1) is 0 Å². The number of esters is 2. The smallest absolute Gasteiger partial charge is 0.462 e. The topological polar surface area (TPSA) is 108 Å². The molecule has 2 atom stereocenters. The summed E-state index contributed by atoms with van der Waals surface area (Å²) in [6.45, 7) is 4.46. The lowest BCUT2D eigenvalue weighted by atomic mass is 10.0. The Balaban J connectivity index is 3.93. The van der Waals surface area contributed by atoms with Crippen LogP contribution in [-0.2, 0) is 32.7 Å². The van der Waals surface area contributed by atoms with Crippen LogP contribution in [0.5, 0.6) is 0 Å². The predicted octanol–water partition coefficient (Wildman–Crippen LogP) is 19.8. The molecule has 0 aliphatic carbocycles. The number of hydrogen-bond donors (Lipinski definition) is 1. The molecule has 0 saturated heterocycles. The Kier molecular flexibility index (Phi) is 54.1. The third kappa shape index (κ3) is 59.6. The second-order valence-electron chi connectivity index (χ2n) is 22.8. The van der Waals surface area contributed by atoms with Crippen LogP contribution in [0.25, 0.3) is 0 Å². The standard InChI is InChI=1S/C63H122NO8P/c1-6-8-10-12-14-16-18-20-22-23-24-25-26-27-28-29-30-31-32-33-34-35-36-37-38-39-40-41-42-44-46-48-50-52-54-56-63(66)72-61(60-71-73(67,68)70-58-57-64(3,4)5)59-69-62(65)55-53-51-49-47-45-43-21-19-17-15-13-11-9-7-2/h19,21,23-24,61H,6-18,20,22,25-60H2,1-5H3/p+1/b21-19-,24-23-. The first-order valence-electron chi connectivity index (χ1n) is 31.6. The maximum absolute atomic E-state index is 12.8. The normalized spacial score (nSPS) is 13.3. The second-order valence-corrected chi connectivity index (χ2v) is 24.2. The Bertz CT molecular complexity index is 1280. The molecule has 0 saturated carbocycles. The molecule has 0 aromatic rings. The molecule has 0 fully saturated rings. The van der Waals surface area contributed by atoms with E-state index < -0.39 is 26.5 Å². The molecular formula is C63H123NO8P+. The van der Waals surface area contributed by atoms with Crippen LogP contribution in [0.3, 0.4) is 0 Å². The lowest BCUT2D eigenvalue weighted by molar-refractivity contribution is -0.870. The average molecular weight is 1050 g/mol. The first kappa shape index (κ1) is 71.5. The van der Waals surface area contributed by atoms with Crippen LogP contribution >= 0.6 is 7.82 Å². The molecule has 0 aliphatic heterocycles. The van der Waals surface area contributed by atoms with E-state index in [1.807, 2.05) is 21.1 Å². The number of nitrogens with zero attached hydrogens (tertiary/aromatic N) is 1. The van der Waals surface area contributed by atoms with Gasteiger partial charge in [-0.2, -0.15) is 0 Å². The molecule has 432 valence electrons. The lowest BCUT2D eigenvalue weighted by Crippen LogP contribution is -2.37. The van der Waals surface area contributed by atoms with E-state index in [4.69, 9.17) is 18.5 Å². The van der Waals surface area contributed by atoms with E-state index in [0.29, 0.717) is 17.4 Å². The fraction of sp³-hybridized carbons (Fsp3) is 0.905. The van der Waals surface area contributed by atoms with Crippen molar-refractivity contribution in [2.45, 2.75) is 322 Å². The van der Waals surface area contributed by atoms with Gasteiger partial charge in [0.25, 0.3) is 0 Å². The van der Waals surface area contributed by atoms with E-state index in [0.717, 1.165) is 51.4 Å². The molecule has 10 heteroatoms. The first-order chi connectivity index (χ1) is 35.5. The number of likely N-dealkylation sites (N-methyl/N-ethyl adjacent to an activating group) is 1. The summed E-state index contributed by atoms with van der Waals surface area (Å²) in [7, 11) is 1.49. The summed E-state index contributed by atoms with van der Waals surface area (Å²) in [6.07, 6.45) is 67.1.